The van der Waals surface area contributed by atoms with E-state index in [0.29, 0.717) is 12.2 Å². The molecule has 2 N–H and O–H groups in total. The molecule has 0 unspecified atom stereocenters. The molecule has 1 aromatic carbocycles. The SMILES string of the molecule is COc1ccccc1[C@H](C)NC(=O)CCc1nc2sc3c(c2c(=O)[nH]1)CCCC3. The largest absolute Gasteiger partial charge is 0.496 e. The molecular formula is C22H25N3O3S. The fourth-order valence-electron chi connectivity index (χ4n) is 3.97. The normalized spacial score (nSPS) is 14.4. The molecule has 4 rings (SSSR count). The van der Waals surface area contributed by atoms with Crippen molar-refractivity contribution in [3.63, 3.8) is 0 Å². The number of nitrogens with zero attached hydrogens (tertiary/aromatic N) is 1. The lowest BCUT2D eigenvalue weighted by Gasteiger charge is -2.17. The zero-order valence-electron chi connectivity index (χ0n) is 16.7. The number of fused-ring (bicyclic) bond motifs is 3. The third kappa shape index (κ3) is 4.05. The molecule has 3 aromatic rings. The molecule has 0 aliphatic heterocycles. The molecular weight excluding hydrogens is 386 g/mol. The lowest BCUT2D eigenvalue weighted by molar-refractivity contribution is -0.121. The smallest absolute Gasteiger partial charge is 0.259 e. The van der Waals surface area contributed by atoms with Gasteiger partial charge >= 0.3 is 0 Å². The number of rotatable bonds is 6. The topological polar surface area (TPSA) is 84.1 Å². The van der Waals surface area contributed by atoms with Gasteiger partial charge in [0.2, 0.25) is 5.91 Å². The van der Waals surface area contributed by atoms with Crippen LogP contribution in [-0.2, 0) is 24.1 Å². The van der Waals surface area contributed by atoms with Crippen molar-refractivity contribution in [3.05, 3.63) is 56.4 Å². The fraction of sp³-hybridized carbons (Fsp3) is 0.409. The van der Waals surface area contributed by atoms with Gasteiger partial charge in [0.25, 0.3) is 5.56 Å². The van der Waals surface area contributed by atoms with Crippen molar-refractivity contribution in [2.45, 2.75) is 51.5 Å². The van der Waals surface area contributed by atoms with Gasteiger partial charge in [0, 0.05) is 23.3 Å². The molecule has 1 atom stereocenters. The van der Waals surface area contributed by atoms with Gasteiger partial charge in [-0.15, -0.1) is 11.3 Å². The van der Waals surface area contributed by atoms with Gasteiger partial charge in [-0.1, -0.05) is 18.2 Å². The molecule has 0 saturated carbocycles. The Morgan fingerprint density at radius 3 is 2.93 bits per heavy atom. The molecule has 0 saturated heterocycles. The van der Waals surface area contributed by atoms with E-state index in [2.05, 4.69) is 15.3 Å². The molecule has 7 heteroatoms. The van der Waals surface area contributed by atoms with Crippen molar-refractivity contribution < 1.29 is 9.53 Å². The van der Waals surface area contributed by atoms with Gasteiger partial charge < -0.3 is 15.0 Å². The average Bonchev–Trinajstić information content (AvgIpc) is 3.11. The first kappa shape index (κ1) is 19.6. The number of nitrogens with one attached hydrogen (secondary N) is 2. The summed E-state index contributed by atoms with van der Waals surface area (Å²) >= 11 is 1.63. The number of methoxy groups -OCH3 is 1. The maximum Gasteiger partial charge on any atom is 0.259 e. The van der Waals surface area contributed by atoms with Gasteiger partial charge in [0.15, 0.2) is 0 Å². The number of H-pyrrole nitrogens is 1. The van der Waals surface area contributed by atoms with Crippen LogP contribution in [0.15, 0.2) is 29.1 Å². The molecule has 0 spiro atoms. The number of hydrogen-bond donors (Lipinski definition) is 2. The van der Waals surface area contributed by atoms with Crippen LogP contribution in [0.5, 0.6) is 5.75 Å². The van der Waals surface area contributed by atoms with Crippen LogP contribution < -0.4 is 15.6 Å². The Kier molecular flexibility index (Phi) is 5.67. The van der Waals surface area contributed by atoms with Gasteiger partial charge in [-0.25, -0.2) is 4.98 Å². The molecule has 152 valence electrons. The Hall–Kier alpha value is -2.67. The van der Waals surface area contributed by atoms with Gasteiger partial charge in [-0.3, -0.25) is 9.59 Å². The molecule has 1 aliphatic carbocycles. The van der Waals surface area contributed by atoms with Crippen molar-refractivity contribution in [1.29, 1.82) is 0 Å². The molecule has 29 heavy (non-hydrogen) atoms. The Balaban J connectivity index is 1.44. The van der Waals surface area contributed by atoms with Crippen molar-refractivity contribution in [2.24, 2.45) is 0 Å². The minimum absolute atomic E-state index is 0.0767. The first-order chi connectivity index (χ1) is 14.1. The van der Waals surface area contributed by atoms with Gasteiger partial charge in [-0.05, 0) is 44.2 Å². The third-order valence-corrected chi connectivity index (χ3v) is 6.63. The Labute approximate surface area is 173 Å². The van der Waals surface area contributed by atoms with Gasteiger partial charge in [0.1, 0.15) is 16.4 Å². The van der Waals surface area contributed by atoms with Crippen molar-refractivity contribution in [3.8, 4) is 5.75 Å². The van der Waals surface area contributed by atoms with E-state index in [-0.39, 0.29) is 23.9 Å². The molecule has 2 heterocycles. The molecule has 6 nitrogen and oxygen atoms in total. The first-order valence-electron chi connectivity index (χ1n) is 10.0. The molecule has 2 aromatic heterocycles. The van der Waals surface area contributed by atoms with E-state index in [1.807, 2.05) is 31.2 Å². The number of carbonyl (C=O) groups is 1. The zero-order valence-corrected chi connectivity index (χ0v) is 17.5. The van der Waals surface area contributed by atoms with Crippen LogP contribution in [-0.4, -0.2) is 23.0 Å². The third-order valence-electron chi connectivity index (χ3n) is 5.45. The van der Waals surface area contributed by atoms with E-state index in [4.69, 9.17) is 4.74 Å². The standard InChI is InChI=1S/C22H25N3O3S/c1-13(14-7-3-5-9-16(14)28-2)23-19(26)12-11-18-24-21(27)20-15-8-4-6-10-17(15)29-22(20)25-18/h3,5,7,9,13H,4,6,8,10-12H2,1-2H3,(H,23,26)(H,24,25,27)/t13-/m0/s1. The minimum Gasteiger partial charge on any atom is -0.496 e. The second kappa shape index (κ2) is 8.37. The van der Waals surface area contributed by atoms with E-state index in [1.165, 1.54) is 16.9 Å². The molecule has 0 bridgehead atoms. The minimum atomic E-state index is -0.169. The van der Waals surface area contributed by atoms with Crippen LogP contribution in [0.3, 0.4) is 0 Å². The van der Waals surface area contributed by atoms with Crippen LogP contribution >= 0.6 is 11.3 Å². The summed E-state index contributed by atoms with van der Waals surface area (Å²) in [5.74, 6) is 1.23. The molecule has 0 radical (unpaired) electrons. The Bertz CT molecular complexity index is 1100. The number of para-hydroxylation sites is 1. The number of thiophene rings is 1. The van der Waals surface area contributed by atoms with Crippen LogP contribution in [0, 0.1) is 0 Å². The van der Waals surface area contributed by atoms with Crippen molar-refractivity contribution >= 4 is 27.5 Å². The predicted molar refractivity (Wildman–Crippen MR) is 115 cm³/mol. The van der Waals surface area contributed by atoms with E-state index in [9.17, 15) is 9.59 Å². The number of hydrogen-bond acceptors (Lipinski definition) is 5. The number of aromatic amines is 1. The summed E-state index contributed by atoms with van der Waals surface area (Å²) in [5, 5.41) is 3.75. The highest BCUT2D eigenvalue weighted by Crippen LogP contribution is 2.33. The number of ether oxygens (including phenoxy) is 1. The number of benzene rings is 1. The fourth-order valence-corrected chi connectivity index (χ4v) is 5.26. The number of aromatic nitrogens is 2. The molecule has 0 fully saturated rings. The quantitative estimate of drug-likeness (QED) is 0.648. The van der Waals surface area contributed by atoms with E-state index in [0.717, 1.165) is 40.8 Å². The maximum atomic E-state index is 12.6. The summed E-state index contributed by atoms with van der Waals surface area (Å²) in [4.78, 5) is 34.7. The summed E-state index contributed by atoms with van der Waals surface area (Å²) in [6.07, 6.45) is 4.97. The van der Waals surface area contributed by atoms with Gasteiger partial charge in [0.05, 0.1) is 18.5 Å². The monoisotopic (exact) mass is 411 g/mol. The molecule has 1 aliphatic rings. The summed E-state index contributed by atoms with van der Waals surface area (Å²) in [6.45, 7) is 1.93. The number of aryl methyl sites for hydroxylation is 3. The van der Waals surface area contributed by atoms with Gasteiger partial charge in [-0.2, -0.15) is 0 Å². The average molecular weight is 412 g/mol. The first-order valence-corrected chi connectivity index (χ1v) is 10.8. The maximum absolute atomic E-state index is 12.6. The summed E-state index contributed by atoms with van der Waals surface area (Å²) in [5.41, 5.74) is 2.03. The lowest BCUT2D eigenvalue weighted by Crippen LogP contribution is -2.27. The Morgan fingerprint density at radius 2 is 2.10 bits per heavy atom. The van der Waals surface area contributed by atoms with E-state index in [1.54, 1.807) is 18.4 Å². The number of amides is 1. The Morgan fingerprint density at radius 1 is 1.31 bits per heavy atom. The highest BCUT2D eigenvalue weighted by Gasteiger charge is 2.20. The second-order valence-electron chi connectivity index (χ2n) is 7.43. The predicted octanol–water partition coefficient (Wildman–Crippen LogP) is 3.68. The van der Waals surface area contributed by atoms with E-state index >= 15 is 0 Å². The second-order valence-corrected chi connectivity index (χ2v) is 8.52. The van der Waals surface area contributed by atoms with Crippen LogP contribution in [0.1, 0.15) is 54.1 Å². The number of carbonyl (C=O) groups excluding carboxylic acids is 1. The van der Waals surface area contributed by atoms with E-state index < -0.39 is 0 Å². The van der Waals surface area contributed by atoms with Crippen LogP contribution in [0.2, 0.25) is 0 Å². The van der Waals surface area contributed by atoms with Crippen molar-refractivity contribution in [1.82, 2.24) is 15.3 Å². The highest BCUT2D eigenvalue weighted by molar-refractivity contribution is 7.18. The summed E-state index contributed by atoms with van der Waals surface area (Å²) in [7, 11) is 1.62. The zero-order chi connectivity index (χ0) is 20.4. The van der Waals surface area contributed by atoms with Crippen LogP contribution in [0.25, 0.3) is 10.2 Å². The summed E-state index contributed by atoms with van der Waals surface area (Å²) in [6, 6.07) is 7.47. The lowest BCUT2D eigenvalue weighted by atomic mass is 9.97. The summed E-state index contributed by atoms with van der Waals surface area (Å²) < 4.78 is 5.37. The van der Waals surface area contributed by atoms with Crippen molar-refractivity contribution in [2.75, 3.05) is 7.11 Å². The van der Waals surface area contributed by atoms with Crippen LogP contribution in [0.4, 0.5) is 0 Å². The molecule has 1 amide bonds. The highest BCUT2D eigenvalue weighted by atomic mass is 32.1.